The topological polar surface area (TPSA) is 53.3 Å². The number of rotatable bonds is 5. The fourth-order valence-electron chi connectivity index (χ4n) is 2.18. The molecule has 1 atom stereocenters. The molecule has 0 aliphatic rings. The molecule has 0 N–H and O–H groups in total. The first-order valence-electron chi connectivity index (χ1n) is 6.85. The number of carbonyl (C=O) groups excluding carboxylic acids is 1. The summed E-state index contributed by atoms with van der Waals surface area (Å²) >= 11 is 0. The fourth-order valence-corrected chi connectivity index (χ4v) is 2.18. The molecule has 0 heterocycles. The Balaban J connectivity index is 2.76. The lowest BCUT2D eigenvalue weighted by molar-refractivity contribution is -0.141. The minimum atomic E-state index is -0.548. The molecule has 0 spiro atoms. The molecular weight excluding hydrogens is 252 g/mol. The standard InChI is InChI=1S/C16H22N2O2/c1-11(2)18(12(3)4)16(19)13(5)20-15-8-6-14(10-17)7-9-15/h6-9,11-13H,1-5H3. The van der Waals surface area contributed by atoms with Gasteiger partial charge in [0.05, 0.1) is 11.6 Å². The first-order chi connectivity index (χ1) is 9.36. The molecule has 20 heavy (non-hydrogen) atoms. The lowest BCUT2D eigenvalue weighted by Crippen LogP contribution is -2.47. The monoisotopic (exact) mass is 274 g/mol. The van der Waals surface area contributed by atoms with Gasteiger partial charge in [-0.3, -0.25) is 4.79 Å². The number of amides is 1. The van der Waals surface area contributed by atoms with Gasteiger partial charge in [-0.05, 0) is 58.9 Å². The fraction of sp³-hybridized carbons (Fsp3) is 0.500. The third-order valence-corrected chi connectivity index (χ3v) is 3.01. The molecule has 4 heteroatoms. The number of ether oxygens (including phenoxy) is 1. The zero-order valence-electron chi connectivity index (χ0n) is 12.8. The van der Waals surface area contributed by atoms with E-state index >= 15 is 0 Å². The quantitative estimate of drug-likeness (QED) is 0.829. The summed E-state index contributed by atoms with van der Waals surface area (Å²) in [5, 5.41) is 8.74. The first kappa shape index (κ1) is 16.0. The van der Waals surface area contributed by atoms with Crippen LogP contribution in [0.3, 0.4) is 0 Å². The molecule has 0 saturated carbocycles. The maximum atomic E-state index is 12.4. The van der Waals surface area contributed by atoms with Crippen LogP contribution in [0.5, 0.6) is 5.75 Å². The minimum absolute atomic E-state index is 0.0284. The highest BCUT2D eigenvalue weighted by molar-refractivity contribution is 5.81. The molecule has 1 unspecified atom stereocenters. The number of benzene rings is 1. The molecular formula is C16H22N2O2. The maximum absolute atomic E-state index is 12.4. The van der Waals surface area contributed by atoms with E-state index in [1.165, 1.54) is 0 Å². The van der Waals surface area contributed by atoms with Gasteiger partial charge < -0.3 is 9.64 Å². The van der Waals surface area contributed by atoms with Gasteiger partial charge in [0.25, 0.3) is 5.91 Å². The second-order valence-electron chi connectivity index (χ2n) is 5.33. The van der Waals surface area contributed by atoms with Gasteiger partial charge in [-0.2, -0.15) is 5.26 Å². The van der Waals surface area contributed by atoms with Crippen molar-refractivity contribution >= 4 is 5.91 Å². The van der Waals surface area contributed by atoms with Crippen LogP contribution in [-0.2, 0) is 4.79 Å². The minimum Gasteiger partial charge on any atom is -0.481 e. The predicted molar refractivity (Wildman–Crippen MR) is 78.4 cm³/mol. The zero-order valence-corrected chi connectivity index (χ0v) is 12.8. The van der Waals surface area contributed by atoms with Gasteiger partial charge in [-0.15, -0.1) is 0 Å². The van der Waals surface area contributed by atoms with Crippen LogP contribution >= 0.6 is 0 Å². The van der Waals surface area contributed by atoms with Crippen molar-refractivity contribution in [3.63, 3.8) is 0 Å². The number of nitriles is 1. The highest BCUT2D eigenvalue weighted by Crippen LogP contribution is 2.16. The summed E-state index contributed by atoms with van der Waals surface area (Å²) in [6.07, 6.45) is -0.548. The molecule has 0 aromatic heterocycles. The molecule has 1 aromatic rings. The van der Waals surface area contributed by atoms with Gasteiger partial charge in [0.15, 0.2) is 6.10 Å². The van der Waals surface area contributed by atoms with Crippen molar-refractivity contribution < 1.29 is 9.53 Å². The van der Waals surface area contributed by atoms with E-state index in [0.29, 0.717) is 11.3 Å². The molecule has 4 nitrogen and oxygen atoms in total. The van der Waals surface area contributed by atoms with Crippen LogP contribution < -0.4 is 4.74 Å². The van der Waals surface area contributed by atoms with Crippen LogP contribution in [0.4, 0.5) is 0 Å². The largest absolute Gasteiger partial charge is 0.481 e. The van der Waals surface area contributed by atoms with E-state index in [-0.39, 0.29) is 18.0 Å². The second kappa shape index (κ2) is 6.95. The van der Waals surface area contributed by atoms with Gasteiger partial charge in [0, 0.05) is 12.1 Å². The van der Waals surface area contributed by atoms with Crippen LogP contribution in [0.25, 0.3) is 0 Å². The lowest BCUT2D eigenvalue weighted by Gasteiger charge is -2.33. The Labute approximate surface area is 121 Å². The molecule has 1 rings (SSSR count). The molecule has 0 fully saturated rings. The number of hydrogen-bond donors (Lipinski definition) is 0. The van der Waals surface area contributed by atoms with Gasteiger partial charge in [-0.25, -0.2) is 0 Å². The van der Waals surface area contributed by atoms with Crippen molar-refractivity contribution in [2.24, 2.45) is 0 Å². The Kier molecular flexibility index (Phi) is 5.57. The molecule has 1 amide bonds. The maximum Gasteiger partial charge on any atom is 0.263 e. The van der Waals surface area contributed by atoms with E-state index in [1.807, 2.05) is 38.7 Å². The van der Waals surface area contributed by atoms with Gasteiger partial charge in [0.2, 0.25) is 0 Å². The van der Waals surface area contributed by atoms with Crippen LogP contribution in [0.1, 0.15) is 40.2 Å². The zero-order chi connectivity index (χ0) is 15.3. The molecule has 0 aliphatic heterocycles. The SMILES string of the molecule is CC(Oc1ccc(C#N)cc1)C(=O)N(C(C)C)C(C)C. The lowest BCUT2D eigenvalue weighted by atomic mass is 10.2. The summed E-state index contributed by atoms with van der Waals surface area (Å²) < 4.78 is 5.66. The first-order valence-corrected chi connectivity index (χ1v) is 6.85. The van der Waals surface area contributed by atoms with E-state index < -0.39 is 6.10 Å². The van der Waals surface area contributed by atoms with E-state index in [9.17, 15) is 4.79 Å². The van der Waals surface area contributed by atoms with Gasteiger partial charge in [0.1, 0.15) is 5.75 Å². The van der Waals surface area contributed by atoms with Crippen molar-refractivity contribution in [1.29, 1.82) is 5.26 Å². The van der Waals surface area contributed by atoms with Gasteiger partial charge in [-0.1, -0.05) is 0 Å². The van der Waals surface area contributed by atoms with Crippen LogP contribution in [0.2, 0.25) is 0 Å². The highest BCUT2D eigenvalue weighted by Gasteiger charge is 2.26. The number of nitrogens with zero attached hydrogens (tertiary/aromatic N) is 2. The van der Waals surface area contributed by atoms with Gasteiger partial charge >= 0.3 is 0 Å². The summed E-state index contributed by atoms with van der Waals surface area (Å²) in [6.45, 7) is 9.72. The molecule has 108 valence electrons. The Bertz CT molecular complexity index is 478. The average Bonchev–Trinajstić information content (AvgIpc) is 2.38. The summed E-state index contributed by atoms with van der Waals surface area (Å²) in [7, 11) is 0. The molecule has 1 aromatic carbocycles. The Morgan fingerprint density at radius 2 is 1.60 bits per heavy atom. The summed E-state index contributed by atoms with van der Waals surface area (Å²) in [5.41, 5.74) is 0.572. The van der Waals surface area contributed by atoms with E-state index in [1.54, 1.807) is 31.2 Å². The van der Waals surface area contributed by atoms with E-state index in [4.69, 9.17) is 10.00 Å². The Morgan fingerprint density at radius 3 is 2.00 bits per heavy atom. The normalized spacial score (nSPS) is 12.1. The smallest absolute Gasteiger partial charge is 0.263 e. The van der Waals surface area contributed by atoms with Crippen molar-refractivity contribution in [1.82, 2.24) is 4.90 Å². The van der Waals surface area contributed by atoms with Crippen molar-refractivity contribution in [3.8, 4) is 11.8 Å². The molecule has 0 bridgehead atoms. The summed E-state index contributed by atoms with van der Waals surface area (Å²) in [4.78, 5) is 14.2. The Hall–Kier alpha value is -2.02. The second-order valence-corrected chi connectivity index (χ2v) is 5.33. The summed E-state index contributed by atoms with van der Waals surface area (Å²) in [6, 6.07) is 9.08. The van der Waals surface area contributed by atoms with Crippen molar-refractivity contribution in [3.05, 3.63) is 29.8 Å². The molecule has 0 saturated heterocycles. The van der Waals surface area contributed by atoms with E-state index in [0.717, 1.165) is 0 Å². The summed E-state index contributed by atoms with van der Waals surface area (Å²) in [5.74, 6) is 0.566. The van der Waals surface area contributed by atoms with Crippen molar-refractivity contribution in [2.45, 2.75) is 52.8 Å². The Morgan fingerprint density at radius 1 is 1.10 bits per heavy atom. The molecule has 0 aliphatic carbocycles. The third-order valence-electron chi connectivity index (χ3n) is 3.01. The molecule has 0 radical (unpaired) electrons. The van der Waals surface area contributed by atoms with Crippen LogP contribution in [0.15, 0.2) is 24.3 Å². The average molecular weight is 274 g/mol. The van der Waals surface area contributed by atoms with Crippen LogP contribution in [0, 0.1) is 11.3 Å². The van der Waals surface area contributed by atoms with Crippen molar-refractivity contribution in [2.75, 3.05) is 0 Å². The number of hydrogen-bond acceptors (Lipinski definition) is 3. The van der Waals surface area contributed by atoms with Crippen LogP contribution in [-0.4, -0.2) is 29.0 Å². The van der Waals surface area contributed by atoms with E-state index in [2.05, 4.69) is 0 Å². The highest BCUT2D eigenvalue weighted by atomic mass is 16.5. The predicted octanol–water partition coefficient (Wildman–Crippen LogP) is 2.97. The number of carbonyl (C=O) groups is 1. The third kappa shape index (κ3) is 3.99.